The maximum atomic E-state index is 14.1. The van der Waals surface area contributed by atoms with E-state index in [1.54, 1.807) is 55.7 Å². The van der Waals surface area contributed by atoms with Gasteiger partial charge < -0.3 is 18.6 Å². The minimum atomic E-state index is -0.854. The van der Waals surface area contributed by atoms with Gasteiger partial charge in [-0.15, -0.1) is 0 Å². The van der Waals surface area contributed by atoms with Crippen LogP contribution in [0.15, 0.2) is 82.5 Å². The van der Waals surface area contributed by atoms with Crippen molar-refractivity contribution in [3.05, 3.63) is 106 Å². The number of ether oxygens (including phenoxy) is 3. The summed E-state index contributed by atoms with van der Waals surface area (Å²) in [5, 5.41) is 0.0594. The summed E-state index contributed by atoms with van der Waals surface area (Å²) in [6.07, 6.45) is 1.62. The van der Waals surface area contributed by atoms with Gasteiger partial charge in [0.25, 0.3) is 5.91 Å². The first-order valence-electron chi connectivity index (χ1n) is 11.7. The van der Waals surface area contributed by atoms with Crippen LogP contribution in [0.3, 0.4) is 0 Å². The van der Waals surface area contributed by atoms with Crippen molar-refractivity contribution in [3.8, 4) is 17.2 Å². The number of hydrogen-bond donors (Lipinski definition) is 0. The molecular formula is C29H24FNO6. The van der Waals surface area contributed by atoms with E-state index in [4.69, 9.17) is 18.6 Å². The first-order valence-corrected chi connectivity index (χ1v) is 11.7. The van der Waals surface area contributed by atoms with Crippen molar-refractivity contribution in [1.82, 2.24) is 0 Å². The second-order valence-electron chi connectivity index (χ2n) is 8.33. The molecule has 0 saturated heterocycles. The molecule has 0 N–H and O–H groups in total. The molecule has 0 radical (unpaired) electrons. The normalized spacial score (nSPS) is 14.5. The molecule has 3 aromatic carbocycles. The van der Waals surface area contributed by atoms with Crippen LogP contribution in [0.5, 0.6) is 17.2 Å². The molecule has 0 bridgehead atoms. The summed E-state index contributed by atoms with van der Waals surface area (Å²) in [6.45, 7) is 6.17. The highest BCUT2D eigenvalue weighted by atomic mass is 19.1. The molecule has 37 heavy (non-hydrogen) atoms. The second-order valence-corrected chi connectivity index (χ2v) is 8.33. The van der Waals surface area contributed by atoms with E-state index in [1.165, 1.54) is 17.0 Å². The highest BCUT2D eigenvalue weighted by molar-refractivity contribution is 6.10. The molecule has 8 heteroatoms. The lowest BCUT2D eigenvalue weighted by Crippen LogP contribution is -2.29. The van der Waals surface area contributed by atoms with Crippen molar-refractivity contribution in [1.29, 1.82) is 0 Å². The predicted octanol–water partition coefficient (Wildman–Crippen LogP) is 5.65. The van der Waals surface area contributed by atoms with Crippen LogP contribution in [0, 0.1) is 5.82 Å². The molecule has 2 heterocycles. The Morgan fingerprint density at radius 3 is 2.51 bits per heavy atom. The Balaban J connectivity index is 1.74. The molecule has 5 rings (SSSR count). The van der Waals surface area contributed by atoms with Crippen molar-refractivity contribution >= 4 is 22.6 Å². The minimum absolute atomic E-state index is 0.0594. The average molecular weight is 502 g/mol. The zero-order valence-corrected chi connectivity index (χ0v) is 20.3. The van der Waals surface area contributed by atoms with Crippen molar-refractivity contribution < 1.29 is 27.8 Å². The van der Waals surface area contributed by atoms with Gasteiger partial charge in [-0.3, -0.25) is 14.5 Å². The number of rotatable bonds is 8. The van der Waals surface area contributed by atoms with Gasteiger partial charge in [0.1, 0.15) is 23.8 Å². The third-order valence-corrected chi connectivity index (χ3v) is 6.12. The van der Waals surface area contributed by atoms with E-state index in [0.29, 0.717) is 35.1 Å². The molecule has 1 unspecified atom stereocenters. The summed E-state index contributed by atoms with van der Waals surface area (Å²) < 4.78 is 36.7. The molecule has 188 valence electrons. The van der Waals surface area contributed by atoms with Gasteiger partial charge in [-0.2, -0.15) is 0 Å². The monoisotopic (exact) mass is 501 g/mol. The third kappa shape index (κ3) is 4.20. The Hall–Kier alpha value is -4.59. The van der Waals surface area contributed by atoms with Gasteiger partial charge in [-0.1, -0.05) is 18.7 Å². The highest BCUT2D eigenvalue weighted by Crippen LogP contribution is 2.43. The fraction of sp³-hybridized carbons (Fsp3) is 0.172. The standard InChI is InChI=1S/C29H24FNO6/c1-4-14-36-23-12-6-17(15-24(23)35-5-2)26-25-27(32)21-16-18(30)7-13-22(21)37-28(25)29(33)31(26)19-8-10-20(34-3)11-9-19/h4,6-13,15-16,26H,1,5,14H2,2-3H3. The molecule has 1 aliphatic rings. The quantitative estimate of drug-likeness (QED) is 0.290. The van der Waals surface area contributed by atoms with E-state index in [1.807, 2.05) is 6.92 Å². The number of methoxy groups -OCH3 is 1. The molecule has 0 aliphatic carbocycles. The lowest BCUT2D eigenvalue weighted by molar-refractivity contribution is 0.0971. The van der Waals surface area contributed by atoms with E-state index in [-0.39, 0.29) is 28.9 Å². The molecular weight excluding hydrogens is 477 g/mol. The van der Waals surface area contributed by atoms with Crippen LogP contribution >= 0.6 is 0 Å². The molecule has 0 fully saturated rings. The number of fused-ring (bicyclic) bond motifs is 2. The first kappa shape index (κ1) is 24.1. The number of carbonyl (C=O) groups is 1. The van der Waals surface area contributed by atoms with Gasteiger partial charge in [-0.05, 0) is 67.1 Å². The van der Waals surface area contributed by atoms with Crippen molar-refractivity contribution in [2.75, 3.05) is 25.2 Å². The SMILES string of the molecule is C=CCOc1ccc(C2c3c(oc4ccc(F)cc4c3=O)C(=O)N2c2ccc(OC)cc2)cc1OCC. The molecule has 0 spiro atoms. The average Bonchev–Trinajstić information content (AvgIpc) is 3.21. The highest BCUT2D eigenvalue weighted by Gasteiger charge is 2.44. The Bertz CT molecular complexity index is 1560. The maximum Gasteiger partial charge on any atom is 0.295 e. The van der Waals surface area contributed by atoms with Gasteiger partial charge in [0, 0.05) is 5.69 Å². The smallest absolute Gasteiger partial charge is 0.295 e. The number of anilines is 1. The number of carbonyl (C=O) groups excluding carboxylic acids is 1. The van der Waals surface area contributed by atoms with Crippen LogP contribution in [0.2, 0.25) is 0 Å². The molecule has 1 atom stereocenters. The van der Waals surface area contributed by atoms with Crippen molar-refractivity contribution in [2.24, 2.45) is 0 Å². The van der Waals surface area contributed by atoms with Gasteiger partial charge >= 0.3 is 0 Å². The topological polar surface area (TPSA) is 78.2 Å². The number of benzene rings is 3. The van der Waals surface area contributed by atoms with Crippen LogP contribution in [0.25, 0.3) is 11.0 Å². The Morgan fingerprint density at radius 1 is 1.03 bits per heavy atom. The van der Waals surface area contributed by atoms with E-state index in [0.717, 1.165) is 6.07 Å². The molecule has 1 aromatic heterocycles. The van der Waals surface area contributed by atoms with E-state index in [2.05, 4.69) is 6.58 Å². The van der Waals surface area contributed by atoms with Gasteiger partial charge in [0.15, 0.2) is 16.9 Å². The van der Waals surface area contributed by atoms with Gasteiger partial charge in [0.2, 0.25) is 5.76 Å². The molecule has 7 nitrogen and oxygen atoms in total. The van der Waals surface area contributed by atoms with Gasteiger partial charge in [0.05, 0.1) is 30.7 Å². The predicted molar refractivity (Wildman–Crippen MR) is 137 cm³/mol. The summed E-state index contributed by atoms with van der Waals surface area (Å²) in [6, 6.07) is 14.9. The Morgan fingerprint density at radius 2 is 1.81 bits per heavy atom. The lowest BCUT2D eigenvalue weighted by atomic mass is 9.97. The molecule has 0 saturated carbocycles. The Kier molecular flexibility index (Phi) is 6.40. The first-order chi connectivity index (χ1) is 18.0. The number of amides is 1. The summed E-state index contributed by atoms with van der Waals surface area (Å²) >= 11 is 0. The molecule has 1 amide bonds. The summed E-state index contributed by atoms with van der Waals surface area (Å²) in [5.41, 5.74) is 0.912. The fourth-order valence-electron chi connectivity index (χ4n) is 4.50. The largest absolute Gasteiger partial charge is 0.497 e. The van der Waals surface area contributed by atoms with E-state index in [9.17, 15) is 14.0 Å². The fourth-order valence-corrected chi connectivity index (χ4v) is 4.50. The third-order valence-electron chi connectivity index (χ3n) is 6.12. The van der Waals surface area contributed by atoms with E-state index >= 15 is 0 Å². The van der Waals surface area contributed by atoms with E-state index < -0.39 is 23.2 Å². The zero-order valence-electron chi connectivity index (χ0n) is 20.3. The van der Waals surface area contributed by atoms with Gasteiger partial charge in [-0.25, -0.2) is 4.39 Å². The Labute approximate surface area is 212 Å². The van der Waals surface area contributed by atoms with Crippen LogP contribution in [-0.2, 0) is 0 Å². The zero-order chi connectivity index (χ0) is 26.1. The number of halogens is 1. The van der Waals surface area contributed by atoms with Crippen molar-refractivity contribution in [3.63, 3.8) is 0 Å². The maximum absolute atomic E-state index is 14.1. The minimum Gasteiger partial charge on any atom is -0.497 e. The summed E-state index contributed by atoms with van der Waals surface area (Å²) in [4.78, 5) is 28.9. The van der Waals surface area contributed by atoms with Crippen LogP contribution in [-0.4, -0.2) is 26.2 Å². The van der Waals surface area contributed by atoms with Crippen LogP contribution in [0.4, 0.5) is 10.1 Å². The molecule has 4 aromatic rings. The summed E-state index contributed by atoms with van der Waals surface area (Å²) in [5.74, 6) is 0.415. The number of nitrogens with zero attached hydrogens (tertiary/aromatic N) is 1. The van der Waals surface area contributed by atoms with Crippen LogP contribution < -0.4 is 24.5 Å². The van der Waals surface area contributed by atoms with Crippen molar-refractivity contribution in [2.45, 2.75) is 13.0 Å². The molecule has 1 aliphatic heterocycles. The van der Waals surface area contributed by atoms with Crippen LogP contribution in [0.1, 0.15) is 34.6 Å². The lowest BCUT2D eigenvalue weighted by Gasteiger charge is -2.26. The summed E-state index contributed by atoms with van der Waals surface area (Å²) in [7, 11) is 1.55. The second kappa shape index (κ2) is 9.81. The number of hydrogen-bond acceptors (Lipinski definition) is 6.